The minimum atomic E-state index is 0.821. The van der Waals surface area contributed by atoms with Crippen molar-refractivity contribution in [2.24, 2.45) is 5.73 Å². The van der Waals surface area contributed by atoms with Crippen LogP contribution in [0.2, 0.25) is 0 Å². The second-order valence-electron chi connectivity index (χ2n) is 3.14. The maximum Gasteiger partial charge on any atom is 0.0183 e. The third kappa shape index (κ3) is 3.01. The summed E-state index contributed by atoms with van der Waals surface area (Å²) in [6.45, 7) is 2.11. The molecule has 0 radical (unpaired) electrons. The molecule has 0 aromatic heterocycles. The van der Waals surface area contributed by atoms with Gasteiger partial charge in [-0.1, -0.05) is 0 Å². The maximum atomic E-state index is 5.41. The van der Waals surface area contributed by atoms with Crippen LogP contribution in [0.25, 0.3) is 0 Å². The van der Waals surface area contributed by atoms with E-state index in [4.69, 9.17) is 5.73 Å². The van der Waals surface area contributed by atoms with Crippen molar-refractivity contribution < 1.29 is 0 Å². The summed E-state index contributed by atoms with van der Waals surface area (Å²) < 4.78 is 0. The third-order valence-corrected chi connectivity index (χ3v) is 3.39. The fourth-order valence-corrected chi connectivity index (χ4v) is 2.52. The SMILES string of the molecule is CN1CCC[C@@H]1CSCCN. The molecule has 0 saturated carbocycles. The molecule has 11 heavy (non-hydrogen) atoms. The van der Waals surface area contributed by atoms with Gasteiger partial charge in [0.15, 0.2) is 0 Å². The van der Waals surface area contributed by atoms with E-state index < -0.39 is 0 Å². The summed E-state index contributed by atoms with van der Waals surface area (Å²) in [7, 11) is 2.22. The van der Waals surface area contributed by atoms with Crippen molar-refractivity contribution in [3.05, 3.63) is 0 Å². The molecule has 0 spiro atoms. The first-order chi connectivity index (χ1) is 5.34. The predicted molar refractivity (Wildman–Crippen MR) is 52.0 cm³/mol. The van der Waals surface area contributed by atoms with E-state index in [9.17, 15) is 0 Å². The zero-order chi connectivity index (χ0) is 8.10. The molecule has 0 bridgehead atoms. The fourth-order valence-electron chi connectivity index (χ4n) is 1.49. The van der Waals surface area contributed by atoms with Gasteiger partial charge in [0.25, 0.3) is 0 Å². The van der Waals surface area contributed by atoms with E-state index in [2.05, 4.69) is 11.9 Å². The van der Waals surface area contributed by atoms with E-state index in [0.717, 1.165) is 18.3 Å². The molecular formula is C8H18N2S. The number of nitrogens with two attached hydrogens (primary N) is 1. The van der Waals surface area contributed by atoms with Crippen molar-refractivity contribution in [2.75, 3.05) is 31.6 Å². The van der Waals surface area contributed by atoms with Crippen LogP contribution in [-0.2, 0) is 0 Å². The molecular weight excluding hydrogens is 156 g/mol. The van der Waals surface area contributed by atoms with Gasteiger partial charge in [0.1, 0.15) is 0 Å². The number of nitrogens with zero attached hydrogens (tertiary/aromatic N) is 1. The normalized spacial score (nSPS) is 26.2. The highest BCUT2D eigenvalue weighted by atomic mass is 32.2. The van der Waals surface area contributed by atoms with Crippen molar-refractivity contribution >= 4 is 11.8 Å². The molecule has 3 heteroatoms. The largest absolute Gasteiger partial charge is 0.330 e. The summed E-state index contributed by atoms with van der Waals surface area (Å²) in [5, 5.41) is 0. The quantitative estimate of drug-likeness (QED) is 0.638. The van der Waals surface area contributed by atoms with E-state index in [0.29, 0.717) is 0 Å². The molecule has 2 N–H and O–H groups in total. The topological polar surface area (TPSA) is 29.3 Å². The van der Waals surface area contributed by atoms with Gasteiger partial charge in [-0.05, 0) is 26.4 Å². The van der Waals surface area contributed by atoms with E-state index in [-0.39, 0.29) is 0 Å². The van der Waals surface area contributed by atoms with Crippen LogP contribution in [0.5, 0.6) is 0 Å². The van der Waals surface area contributed by atoms with Crippen LogP contribution in [0.3, 0.4) is 0 Å². The van der Waals surface area contributed by atoms with Crippen LogP contribution >= 0.6 is 11.8 Å². The monoisotopic (exact) mass is 174 g/mol. The van der Waals surface area contributed by atoms with Crippen molar-refractivity contribution in [3.8, 4) is 0 Å². The number of rotatable bonds is 4. The van der Waals surface area contributed by atoms with Crippen LogP contribution in [-0.4, -0.2) is 42.6 Å². The van der Waals surface area contributed by atoms with Crippen LogP contribution in [0.15, 0.2) is 0 Å². The predicted octanol–water partition coefficient (Wildman–Crippen LogP) is 0.772. The number of likely N-dealkylation sites (tertiary alicyclic amines) is 1. The average molecular weight is 174 g/mol. The second-order valence-corrected chi connectivity index (χ2v) is 4.29. The molecule has 0 aromatic rings. The number of hydrogen-bond donors (Lipinski definition) is 1. The van der Waals surface area contributed by atoms with Gasteiger partial charge in [0, 0.05) is 24.1 Å². The molecule has 0 aromatic carbocycles. The lowest BCUT2D eigenvalue weighted by atomic mass is 10.2. The molecule has 0 aliphatic carbocycles. The summed E-state index contributed by atoms with van der Waals surface area (Å²) in [4.78, 5) is 2.46. The highest BCUT2D eigenvalue weighted by Crippen LogP contribution is 2.18. The molecule has 1 aliphatic heterocycles. The summed E-state index contributed by atoms with van der Waals surface area (Å²) >= 11 is 1.99. The lowest BCUT2D eigenvalue weighted by Gasteiger charge is -2.18. The Balaban J connectivity index is 2.05. The molecule has 1 aliphatic rings. The Kier molecular flexibility index (Phi) is 4.26. The average Bonchev–Trinajstić information content (AvgIpc) is 2.37. The Morgan fingerprint density at radius 1 is 1.64 bits per heavy atom. The van der Waals surface area contributed by atoms with E-state index >= 15 is 0 Å². The second kappa shape index (κ2) is 5.01. The van der Waals surface area contributed by atoms with Gasteiger partial charge in [0.05, 0.1) is 0 Å². The minimum Gasteiger partial charge on any atom is -0.330 e. The summed E-state index contributed by atoms with van der Waals surface area (Å²) in [5.41, 5.74) is 5.41. The van der Waals surface area contributed by atoms with Crippen LogP contribution in [0.1, 0.15) is 12.8 Å². The summed E-state index contributed by atoms with van der Waals surface area (Å²) in [6, 6.07) is 0.826. The van der Waals surface area contributed by atoms with Gasteiger partial charge in [-0.3, -0.25) is 0 Å². The van der Waals surface area contributed by atoms with Crippen molar-refractivity contribution in [1.29, 1.82) is 0 Å². The lowest BCUT2D eigenvalue weighted by Crippen LogP contribution is -2.27. The highest BCUT2D eigenvalue weighted by Gasteiger charge is 2.19. The fraction of sp³-hybridized carbons (Fsp3) is 1.00. The molecule has 1 saturated heterocycles. The molecule has 1 rings (SSSR count). The molecule has 2 nitrogen and oxygen atoms in total. The Hall–Kier alpha value is 0.270. The molecule has 1 heterocycles. The maximum absolute atomic E-state index is 5.41. The molecule has 1 fully saturated rings. The lowest BCUT2D eigenvalue weighted by molar-refractivity contribution is 0.335. The van der Waals surface area contributed by atoms with E-state index in [1.807, 2.05) is 11.8 Å². The van der Waals surface area contributed by atoms with Gasteiger partial charge in [-0.25, -0.2) is 0 Å². The molecule has 0 unspecified atom stereocenters. The van der Waals surface area contributed by atoms with Crippen LogP contribution in [0, 0.1) is 0 Å². The van der Waals surface area contributed by atoms with E-state index in [1.165, 1.54) is 25.1 Å². The Morgan fingerprint density at radius 2 is 2.45 bits per heavy atom. The van der Waals surface area contributed by atoms with Gasteiger partial charge >= 0.3 is 0 Å². The summed E-state index contributed by atoms with van der Waals surface area (Å²) in [5.74, 6) is 2.39. The van der Waals surface area contributed by atoms with E-state index in [1.54, 1.807) is 0 Å². The Bertz CT molecular complexity index is 108. The third-order valence-electron chi connectivity index (χ3n) is 2.24. The van der Waals surface area contributed by atoms with Crippen molar-refractivity contribution in [1.82, 2.24) is 4.90 Å². The molecule has 0 amide bonds. The highest BCUT2D eigenvalue weighted by molar-refractivity contribution is 7.99. The Labute approximate surface area is 73.5 Å². The van der Waals surface area contributed by atoms with Gasteiger partial charge in [-0.15, -0.1) is 0 Å². The first-order valence-corrected chi connectivity index (χ1v) is 5.48. The van der Waals surface area contributed by atoms with Crippen molar-refractivity contribution in [3.63, 3.8) is 0 Å². The van der Waals surface area contributed by atoms with Crippen LogP contribution in [0.4, 0.5) is 0 Å². The molecule has 66 valence electrons. The smallest absolute Gasteiger partial charge is 0.0183 e. The van der Waals surface area contributed by atoms with Gasteiger partial charge in [-0.2, -0.15) is 11.8 Å². The van der Waals surface area contributed by atoms with Gasteiger partial charge < -0.3 is 10.6 Å². The first-order valence-electron chi connectivity index (χ1n) is 4.32. The standard InChI is InChI=1S/C8H18N2S/c1-10-5-2-3-8(10)7-11-6-4-9/h8H,2-7,9H2,1H3/t8-/m1/s1. The van der Waals surface area contributed by atoms with Crippen molar-refractivity contribution in [2.45, 2.75) is 18.9 Å². The zero-order valence-corrected chi connectivity index (χ0v) is 8.07. The first kappa shape index (κ1) is 9.36. The van der Waals surface area contributed by atoms with Gasteiger partial charge in [0.2, 0.25) is 0 Å². The Morgan fingerprint density at radius 3 is 3.00 bits per heavy atom. The summed E-state index contributed by atoms with van der Waals surface area (Å²) in [6.07, 6.45) is 2.76. The zero-order valence-electron chi connectivity index (χ0n) is 7.25. The minimum absolute atomic E-state index is 0.821. The number of hydrogen-bond acceptors (Lipinski definition) is 3. The molecule has 1 atom stereocenters. The number of thioether (sulfide) groups is 1. The van der Waals surface area contributed by atoms with Crippen LogP contribution < -0.4 is 5.73 Å².